The molecule has 0 bridgehead atoms. The number of carbonyl (C=O) groups excluding carboxylic acids is 1. The number of nitrogens with zero attached hydrogens (tertiary/aromatic N) is 1. The van der Waals surface area contributed by atoms with E-state index in [0.717, 1.165) is 41.8 Å². The molecule has 2 aromatic rings. The Kier molecular flexibility index (Phi) is 5.45. The van der Waals surface area contributed by atoms with Crippen LogP contribution in [0.4, 0.5) is 10.1 Å². The largest absolute Gasteiger partial charge is 0.496 e. The fourth-order valence-electron chi connectivity index (χ4n) is 3.49. The second-order valence-electron chi connectivity index (χ2n) is 6.91. The summed E-state index contributed by atoms with van der Waals surface area (Å²) in [7, 11) is 1.59. The molecule has 2 aromatic carbocycles. The van der Waals surface area contributed by atoms with Gasteiger partial charge < -0.3 is 15.0 Å². The number of anilines is 1. The van der Waals surface area contributed by atoms with Gasteiger partial charge in [0.1, 0.15) is 11.6 Å². The molecular formula is C21H25FN2O2. The summed E-state index contributed by atoms with van der Waals surface area (Å²) in [6, 6.07) is 10.5. The third-order valence-corrected chi connectivity index (χ3v) is 4.61. The zero-order chi connectivity index (χ0) is 18.7. The minimum absolute atomic E-state index is 0.0398. The van der Waals surface area contributed by atoms with Crippen molar-refractivity contribution < 1.29 is 13.9 Å². The lowest BCUT2D eigenvalue weighted by atomic mass is 9.95. The zero-order valence-electron chi connectivity index (χ0n) is 15.5. The number of nitrogens with one attached hydrogen (secondary N) is 1. The highest BCUT2D eigenvalue weighted by molar-refractivity contribution is 5.97. The van der Waals surface area contributed by atoms with Gasteiger partial charge in [0, 0.05) is 35.9 Å². The van der Waals surface area contributed by atoms with Crippen LogP contribution in [0.1, 0.15) is 41.8 Å². The normalized spacial score (nSPS) is 13.5. The van der Waals surface area contributed by atoms with Crippen LogP contribution in [0.15, 0.2) is 36.4 Å². The van der Waals surface area contributed by atoms with Gasteiger partial charge in [-0.2, -0.15) is 0 Å². The second kappa shape index (κ2) is 7.77. The average molecular weight is 356 g/mol. The summed E-state index contributed by atoms with van der Waals surface area (Å²) in [6.45, 7) is 5.32. The van der Waals surface area contributed by atoms with E-state index in [-0.39, 0.29) is 17.8 Å². The number of hydrogen-bond acceptors (Lipinski definition) is 3. The molecule has 0 fully saturated rings. The highest BCUT2D eigenvalue weighted by atomic mass is 19.1. The van der Waals surface area contributed by atoms with Crippen molar-refractivity contribution >= 4 is 11.6 Å². The summed E-state index contributed by atoms with van der Waals surface area (Å²) in [6.07, 6.45) is 1.82. The molecule has 0 unspecified atom stereocenters. The molecule has 1 aliphatic heterocycles. The second-order valence-corrected chi connectivity index (χ2v) is 6.91. The monoisotopic (exact) mass is 356 g/mol. The first-order valence-corrected chi connectivity index (χ1v) is 8.99. The average Bonchev–Trinajstić information content (AvgIpc) is 2.61. The minimum atomic E-state index is -0.275. The Bertz CT molecular complexity index is 805. The maximum atomic E-state index is 13.7. The van der Waals surface area contributed by atoms with E-state index in [0.29, 0.717) is 12.3 Å². The van der Waals surface area contributed by atoms with E-state index in [4.69, 9.17) is 4.74 Å². The topological polar surface area (TPSA) is 41.6 Å². The third-order valence-electron chi connectivity index (χ3n) is 4.61. The van der Waals surface area contributed by atoms with Crippen LogP contribution in [0.5, 0.6) is 5.75 Å². The van der Waals surface area contributed by atoms with Gasteiger partial charge in [-0.05, 0) is 62.6 Å². The van der Waals surface area contributed by atoms with Gasteiger partial charge in [0.05, 0.1) is 7.11 Å². The minimum Gasteiger partial charge on any atom is -0.496 e. The first-order chi connectivity index (χ1) is 12.5. The van der Waals surface area contributed by atoms with E-state index >= 15 is 0 Å². The molecule has 0 radical (unpaired) electrons. The summed E-state index contributed by atoms with van der Waals surface area (Å²) >= 11 is 0. The van der Waals surface area contributed by atoms with Gasteiger partial charge in [0.15, 0.2) is 0 Å². The van der Waals surface area contributed by atoms with Crippen molar-refractivity contribution in [2.24, 2.45) is 0 Å². The van der Waals surface area contributed by atoms with Crippen LogP contribution >= 0.6 is 0 Å². The summed E-state index contributed by atoms with van der Waals surface area (Å²) in [5.74, 6) is 0.359. The molecule has 0 saturated carbocycles. The van der Waals surface area contributed by atoms with E-state index in [1.807, 2.05) is 32.0 Å². The Labute approximate surface area is 154 Å². The lowest BCUT2D eigenvalue weighted by Crippen LogP contribution is -2.34. The smallest absolute Gasteiger partial charge is 0.251 e. The summed E-state index contributed by atoms with van der Waals surface area (Å²) in [4.78, 5) is 14.7. The van der Waals surface area contributed by atoms with Crippen LogP contribution in [0.2, 0.25) is 0 Å². The van der Waals surface area contributed by atoms with Gasteiger partial charge in [-0.3, -0.25) is 4.79 Å². The summed E-state index contributed by atoms with van der Waals surface area (Å²) in [5.41, 5.74) is 3.63. The van der Waals surface area contributed by atoms with Crippen LogP contribution < -0.4 is 15.0 Å². The standard InChI is InChI=1S/C21H25FN2O2/c1-14(2)23-21(25)18-6-4-8-19-17(18)7-5-11-24(19)13-15-12-16(22)9-10-20(15)26-3/h4,6,8-10,12,14H,5,7,11,13H2,1-3H3,(H,23,25). The number of fused-ring (bicyclic) bond motifs is 1. The van der Waals surface area contributed by atoms with Gasteiger partial charge >= 0.3 is 0 Å². The van der Waals surface area contributed by atoms with E-state index in [1.165, 1.54) is 12.1 Å². The SMILES string of the molecule is COc1ccc(F)cc1CN1CCCc2c(C(=O)NC(C)C)cccc21. The number of amides is 1. The predicted octanol–water partition coefficient (Wildman–Crippen LogP) is 3.93. The van der Waals surface area contributed by atoms with Crippen molar-refractivity contribution in [2.75, 3.05) is 18.6 Å². The van der Waals surface area contributed by atoms with Gasteiger partial charge in [0.25, 0.3) is 5.91 Å². The molecule has 1 N–H and O–H groups in total. The molecule has 4 nitrogen and oxygen atoms in total. The maximum Gasteiger partial charge on any atom is 0.251 e. The third kappa shape index (κ3) is 3.82. The van der Waals surface area contributed by atoms with Crippen molar-refractivity contribution in [3.63, 3.8) is 0 Å². The van der Waals surface area contributed by atoms with Gasteiger partial charge in [-0.1, -0.05) is 6.07 Å². The molecule has 5 heteroatoms. The first-order valence-electron chi connectivity index (χ1n) is 8.99. The predicted molar refractivity (Wildman–Crippen MR) is 101 cm³/mol. The maximum absolute atomic E-state index is 13.7. The number of benzene rings is 2. The fraction of sp³-hybridized carbons (Fsp3) is 0.381. The molecule has 0 aliphatic carbocycles. The number of rotatable bonds is 5. The fourth-order valence-corrected chi connectivity index (χ4v) is 3.49. The van der Waals surface area contributed by atoms with Crippen molar-refractivity contribution in [1.82, 2.24) is 5.32 Å². The molecule has 1 amide bonds. The van der Waals surface area contributed by atoms with E-state index in [2.05, 4.69) is 10.2 Å². The van der Waals surface area contributed by atoms with Crippen LogP contribution in [0, 0.1) is 5.82 Å². The first kappa shape index (κ1) is 18.2. The van der Waals surface area contributed by atoms with E-state index in [1.54, 1.807) is 13.2 Å². The Morgan fingerprint density at radius 1 is 1.31 bits per heavy atom. The Morgan fingerprint density at radius 3 is 2.85 bits per heavy atom. The number of halogens is 1. The lowest BCUT2D eigenvalue weighted by Gasteiger charge is -2.33. The summed E-state index contributed by atoms with van der Waals surface area (Å²) in [5, 5.41) is 2.97. The van der Waals surface area contributed by atoms with Crippen LogP contribution in [0.25, 0.3) is 0 Å². The van der Waals surface area contributed by atoms with Crippen LogP contribution in [-0.4, -0.2) is 25.6 Å². The van der Waals surface area contributed by atoms with Crippen molar-refractivity contribution in [1.29, 1.82) is 0 Å². The quantitative estimate of drug-likeness (QED) is 0.883. The molecule has 3 rings (SSSR count). The van der Waals surface area contributed by atoms with Gasteiger partial charge in [-0.25, -0.2) is 4.39 Å². The van der Waals surface area contributed by atoms with E-state index in [9.17, 15) is 9.18 Å². The van der Waals surface area contributed by atoms with Crippen molar-refractivity contribution in [3.05, 3.63) is 58.9 Å². The molecule has 0 atom stereocenters. The number of ether oxygens (including phenoxy) is 1. The number of hydrogen-bond donors (Lipinski definition) is 1. The Balaban J connectivity index is 1.93. The highest BCUT2D eigenvalue weighted by Crippen LogP contribution is 2.32. The molecule has 1 heterocycles. The molecule has 1 aliphatic rings. The molecule has 0 saturated heterocycles. The molecule has 26 heavy (non-hydrogen) atoms. The van der Waals surface area contributed by atoms with Crippen LogP contribution in [-0.2, 0) is 13.0 Å². The van der Waals surface area contributed by atoms with Gasteiger partial charge in [-0.15, -0.1) is 0 Å². The lowest BCUT2D eigenvalue weighted by molar-refractivity contribution is 0.0942. The molecule has 0 spiro atoms. The van der Waals surface area contributed by atoms with Gasteiger partial charge in [0.2, 0.25) is 0 Å². The van der Waals surface area contributed by atoms with E-state index < -0.39 is 0 Å². The molecule has 138 valence electrons. The van der Waals surface area contributed by atoms with Crippen molar-refractivity contribution in [2.45, 2.75) is 39.3 Å². The zero-order valence-corrected chi connectivity index (χ0v) is 15.5. The van der Waals surface area contributed by atoms with Crippen molar-refractivity contribution in [3.8, 4) is 5.75 Å². The molecule has 0 aromatic heterocycles. The van der Waals surface area contributed by atoms with Crippen LogP contribution in [0.3, 0.4) is 0 Å². The molecular weight excluding hydrogens is 331 g/mol. The number of carbonyl (C=O) groups is 1. The highest BCUT2D eigenvalue weighted by Gasteiger charge is 2.23. The Morgan fingerprint density at radius 2 is 2.12 bits per heavy atom. The Hall–Kier alpha value is -2.56. The number of methoxy groups -OCH3 is 1. The summed E-state index contributed by atoms with van der Waals surface area (Å²) < 4.78 is 19.1.